The normalized spacial score (nSPS) is 14.3. The van der Waals surface area contributed by atoms with Crippen LogP contribution in [0.15, 0.2) is 0 Å². The molecule has 0 saturated heterocycles. The lowest BCUT2D eigenvalue weighted by molar-refractivity contribution is 0.366. The van der Waals surface area contributed by atoms with Crippen LogP contribution in [0.3, 0.4) is 0 Å². The number of hydrogen-bond acceptors (Lipinski definition) is 0. The van der Waals surface area contributed by atoms with Gasteiger partial charge in [0.25, 0.3) is 0 Å². The van der Waals surface area contributed by atoms with Gasteiger partial charge in [-0.15, -0.1) is 0 Å². The Hall–Kier alpha value is 1.29. The van der Waals surface area contributed by atoms with Crippen LogP contribution in [0.1, 0.15) is 374 Å². The second-order valence-corrected chi connectivity index (χ2v) is 77.2. The number of halogens is 24. The molecule has 0 nitrogen and oxygen atoms in total. The Morgan fingerprint density at radius 2 is 0.111 bits per heavy atom. The maximum absolute atomic E-state index is 9.75. The quantitative estimate of drug-likeness (QED) is 0.129. The van der Waals surface area contributed by atoms with Gasteiger partial charge in [-0.3, -0.25) is 0 Å². The highest BCUT2D eigenvalue weighted by Gasteiger charge is 2.55. The van der Waals surface area contributed by atoms with Crippen molar-refractivity contribution in [2.24, 2.45) is 0 Å². The molecule has 0 fully saturated rings. The lowest BCUT2D eigenvalue weighted by atomic mass is 10.2. The standard InChI is InChI=1S/6C12H27P.6BF4/c6*1-10(2,3)13(11(4,5)6)12(7,8)9;6*2-1(3,4)5/h6*1-9H3;;;;;;/q;;;;;;6*-1/p+6. The molecule has 0 amide bonds. The van der Waals surface area contributed by atoms with Crippen molar-refractivity contribution in [1.82, 2.24) is 0 Å². The molecular formula is C72H168B6F24P6. The van der Waals surface area contributed by atoms with E-state index in [0.29, 0.717) is 92.8 Å². The second kappa shape index (κ2) is 46.8. The fraction of sp³-hybridized carbons (Fsp3) is 1.00. The third-order valence-electron chi connectivity index (χ3n) is 13.5. The summed E-state index contributed by atoms with van der Waals surface area (Å²) in [5.74, 6) is 0. The number of hydrogen-bond donors (Lipinski definition) is 0. The largest absolute Gasteiger partial charge is 0.673 e. The Morgan fingerprint density at radius 1 is 0.0926 bits per heavy atom. The Kier molecular flexibility index (Phi) is 58.6. The molecule has 0 saturated carbocycles. The van der Waals surface area contributed by atoms with Crippen molar-refractivity contribution >= 4 is 91.1 Å². The molecule has 36 heteroatoms. The van der Waals surface area contributed by atoms with E-state index in [9.17, 15) is 104 Å². The summed E-state index contributed by atoms with van der Waals surface area (Å²) in [6.07, 6.45) is 0. The van der Waals surface area contributed by atoms with Gasteiger partial charge in [0.2, 0.25) is 0 Å². The highest BCUT2D eigenvalue weighted by Crippen LogP contribution is 2.71. The predicted molar refractivity (Wildman–Crippen MR) is 467 cm³/mol. The van der Waals surface area contributed by atoms with Crippen molar-refractivity contribution in [2.75, 3.05) is 0 Å². The molecule has 0 radical (unpaired) electrons. The zero-order chi connectivity index (χ0) is 93.5. The third-order valence-corrected chi connectivity index (χ3v) is 40.5. The van der Waals surface area contributed by atoms with Crippen LogP contribution < -0.4 is 0 Å². The van der Waals surface area contributed by atoms with Crippen LogP contribution in [-0.2, 0) is 0 Å². The smallest absolute Gasteiger partial charge is 0.418 e. The van der Waals surface area contributed by atoms with Gasteiger partial charge in [-0.25, -0.2) is 0 Å². The van der Waals surface area contributed by atoms with Crippen LogP contribution in [0.25, 0.3) is 0 Å². The summed E-state index contributed by atoms with van der Waals surface area (Å²) in [5, 5.41) is 8.77. The third kappa shape index (κ3) is 101. The van der Waals surface area contributed by atoms with Crippen molar-refractivity contribution < 1.29 is 104 Å². The molecule has 0 aliphatic rings. The van der Waals surface area contributed by atoms with Gasteiger partial charge in [-0.1, -0.05) is 0 Å². The van der Waals surface area contributed by atoms with E-state index in [1.165, 1.54) is 0 Å². The van der Waals surface area contributed by atoms with Crippen LogP contribution in [0.2, 0.25) is 0 Å². The minimum Gasteiger partial charge on any atom is -0.418 e. The van der Waals surface area contributed by atoms with Crippen LogP contribution in [-0.4, -0.2) is 136 Å². The average Bonchev–Trinajstić information content (AvgIpc) is 3.03. The summed E-state index contributed by atoms with van der Waals surface area (Å²) in [6, 6.07) is 0. The minimum absolute atomic E-state index is 0.391. The van der Waals surface area contributed by atoms with Gasteiger partial charge < -0.3 is 104 Å². The topological polar surface area (TPSA) is 0 Å². The van der Waals surface area contributed by atoms with E-state index >= 15 is 0 Å². The Labute approximate surface area is 658 Å². The van der Waals surface area contributed by atoms with E-state index in [1.807, 2.05) is 0 Å². The molecular weight excluding hydrogens is 1570 g/mol. The zero-order valence-corrected chi connectivity index (χ0v) is 84.5. The lowest BCUT2D eigenvalue weighted by Gasteiger charge is -2.42. The molecule has 0 aromatic rings. The fourth-order valence-electron chi connectivity index (χ4n) is 20.2. The molecule has 0 heterocycles. The predicted octanol–water partition coefficient (Wildman–Crippen LogP) is 35.4. The average molecular weight is 1740 g/mol. The van der Waals surface area contributed by atoms with Crippen molar-refractivity contribution in [3.8, 4) is 0 Å². The number of rotatable bonds is 0. The second-order valence-electron chi connectivity index (χ2n) is 45.7. The molecule has 0 bridgehead atoms. The van der Waals surface area contributed by atoms with Crippen LogP contribution in [0, 0.1) is 0 Å². The Morgan fingerprint density at radius 3 is 0.111 bits per heavy atom. The summed E-state index contributed by atoms with van der Waals surface area (Å²) < 4.78 is 234. The molecule has 108 heavy (non-hydrogen) atoms. The van der Waals surface area contributed by atoms with Gasteiger partial charge in [0.05, 0.1) is 92.8 Å². The van der Waals surface area contributed by atoms with E-state index in [2.05, 4.69) is 374 Å². The Bertz CT molecular complexity index is 1640. The van der Waals surface area contributed by atoms with Gasteiger partial charge in [0.15, 0.2) is 0 Å². The first-order valence-electron chi connectivity index (χ1n) is 36.7. The first kappa shape index (κ1) is 135. The van der Waals surface area contributed by atoms with Gasteiger partial charge in [0.1, 0.15) is 0 Å². The maximum atomic E-state index is 9.75. The van der Waals surface area contributed by atoms with Crippen molar-refractivity contribution in [3.05, 3.63) is 0 Å². The molecule has 0 unspecified atom stereocenters. The van der Waals surface area contributed by atoms with Crippen molar-refractivity contribution in [3.63, 3.8) is 0 Å². The molecule has 0 spiro atoms. The molecule has 0 aliphatic heterocycles. The van der Waals surface area contributed by atoms with E-state index in [4.69, 9.17) is 0 Å². The molecule has 0 rings (SSSR count). The Balaban J connectivity index is -0.0000000951. The fourth-order valence-corrected chi connectivity index (χ4v) is 60.8. The molecule has 0 aromatic carbocycles. The van der Waals surface area contributed by atoms with Gasteiger partial charge >= 0.3 is 43.5 Å². The highest BCUT2D eigenvalue weighted by molar-refractivity contribution is 7.64. The van der Waals surface area contributed by atoms with Crippen LogP contribution in [0.5, 0.6) is 0 Å². The van der Waals surface area contributed by atoms with Gasteiger partial charge in [-0.05, 0) is 374 Å². The van der Waals surface area contributed by atoms with E-state index in [-0.39, 0.29) is 0 Å². The summed E-state index contributed by atoms with van der Waals surface area (Å²) in [4.78, 5) is 0. The van der Waals surface area contributed by atoms with Crippen LogP contribution >= 0.6 is 47.5 Å². The van der Waals surface area contributed by atoms with Gasteiger partial charge in [0, 0.05) is 47.5 Å². The van der Waals surface area contributed by atoms with E-state index < -0.39 is 91.1 Å². The first-order chi connectivity index (χ1) is 44.2. The highest BCUT2D eigenvalue weighted by atomic mass is 31.1. The van der Waals surface area contributed by atoms with E-state index in [0.717, 1.165) is 0 Å². The van der Waals surface area contributed by atoms with Crippen molar-refractivity contribution in [1.29, 1.82) is 0 Å². The minimum atomic E-state index is -6.00. The van der Waals surface area contributed by atoms with Crippen LogP contribution in [0.4, 0.5) is 104 Å². The molecule has 0 aliphatic carbocycles. The molecule has 672 valence electrons. The summed E-state index contributed by atoms with van der Waals surface area (Å²) in [6.45, 7) is 130. The monoisotopic (exact) mass is 1740 g/mol. The summed E-state index contributed by atoms with van der Waals surface area (Å²) >= 11 is 0. The summed E-state index contributed by atoms with van der Waals surface area (Å²) in [7, 11) is -38.3. The van der Waals surface area contributed by atoms with E-state index in [1.54, 1.807) is 0 Å². The van der Waals surface area contributed by atoms with Gasteiger partial charge in [-0.2, -0.15) is 0 Å². The molecule has 0 atom stereocenters. The SMILES string of the molecule is CC(C)(C)[PH+](C(C)(C)C)C(C)(C)C.CC(C)(C)[PH+](C(C)(C)C)C(C)(C)C.CC(C)(C)[PH+](C(C)(C)C)C(C)(C)C.CC(C)(C)[PH+](C(C)(C)C)C(C)(C)C.CC(C)(C)[PH+](C(C)(C)C)C(C)(C)C.CC(C)(C)[PH+](C(C)(C)C)C(C)(C)C.F[B-](F)(F)F.F[B-](F)(F)F.F[B-](F)(F)F.F[B-](F)(F)F.F[B-](F)(F)F.F[B-](F)(F)F. The zero-order valence-electron chi connectivity index (χ0n) is 78.5. The molecule has 0 N–H and O–H groups in total. The molecule has 0 aromatic heterocycles. The maximum Gasteiger partial charge on any atom is 0.673 e. The lowest BCUT2D eigenvalue weighted by Crippen LogP contribution is -2.34. The first-order valence-corrected chi connectivity index (χ1v) is 45.7. The van der Waals surface area contributed by atoms with Crippen molar-refractivity contribution in [2.45, 2.75) is 467 Å². The summed E-state index contributed by atoms with van der Waals surface area (Å²) in [5.41, 5.74) is 0.